The van der Waals surface area contributed by atoms with Gasteiger partial charge in [-0.1, -0.05) is 74.5 Å². The number of carbonyl (C=O) groups excluding carboxylic acids is 3. The summed E-state index contributed by atoms with van der Waals surface area (Å²) < 4.78 is 5.56. The van der Waals surface area contributed by atoms with Crippen LogP contribution in [0.4, 0.5) is 5.69 Å². The predicted octanol–water partition coefficient (Wildman–Crippen LogP) is 6.19. The number of imide groups is 1. The molecule has 0 radical (unpaired) electrons. The van der Waals surface area contributed by atoms with E-state index in [9.17, 15) is 14.4 Å². The van der Waals surface area contributed by atoms with Gasteiger partial charge in [-0.3, -0.25) is 14.4 Å². The van der Waals surface area contributed by atoms with Crippen LogP contribution in [0.5, 0.6) is 5.75 Å². The van der Waals surface area contributed by atoms with Crippen LogP contribution in [0.1, 0.15) is 44.7 Å². The lowest BCUT2D eigenvalue weighted by molar-refractivity contribution is -0.134. The summed E-state index contributed by atoms with van der Waals surface area (Å²) >= 11 is 0. The van der Waals surface area contributed by atoms with Crippen LogP contribution in [0.15, 0.2) is 84.9 Å². The quantitative estimate of drug-likeness (QED) is 0.359. The molecule has 2 bridgehead atoms. The number of nitrogens with zero attached hydrogens (tertiary/aromatic N) is 1. The summed E-state index contributed by atoms with van der Waals surface area (Å²) in [4.78, 5) is 44.6. The van der Waals surface area contributed by atoms with Crippen LogP contribution >= 0.6 is 0 Å². The molecule has 6 rings (SSSR count). The van der Waals surface area contributed by atoms with Crippen LogP contribution in [-0.4, -0.2) is 24.2 Å². The number of hydrogen-bond acceptors (Lipinski definition) is 4. The zero-order valence-corrected chi connectivity index (χ0v) is 21.9. The minimum absolute atomic E-state index is 0.0238. The maximum absolute atomic E-state index is 14.7. The van der Waals surface area contributed by atoms with E-state index in [2.05, 4.69) is 0 Å². The summed E-state index contributed by atoms with van der Waals surface area (Å²) in [6.45, 7) is 6.40. The molecule has 2 aliphatic carbocycles. The fraction of sp³-hybridized carbons (Fsp3) is 0.303. The summed E-state index contributed by atoms with van der Waals surface area (Å²) in [5, 5.41) is 0. The molecule has 0 aromatic heterocycles. The number of hydrogen-bond donors (Lipinski definition) is 0. The molecule has 2 fully saturated rings. The van der Waals surface area contributed by atoms with E-state index in [1.54, 1.807) is 24.3 Å². The number of allylic oxidation sites excluding steroid dienone is 2. The van der Waals surface area contributed by atoms with Gasteiger partial charge in [-0.15, -0.1) is 0 Å². The Morgan fingerprint density at radius 3 is 1.50 bits per heavy atom. The van der Waals surface area contributed by atoms with Gasteiger partial charge >= 0.3 is 0 Å². The van der Waals surface area contributed by atoms with Gasteiger partial charge in [0.05, 0.1) is 35.0 Å². The van der Waals surface area contributed by atoms with Gasteiger partial charge in [-0.05, 0) is 66.3 Å². The molecule has 4 atom stereocenters. The van der Waals surface area contributed by atoms with E-state index in [4.69, 9.17) is 4.74 Å². The van der Waals surface area contributed by atoms with E-state index in [-0.39, 0.29) is 17.6 Å². The summed E-state index contributed by atoms with van der Waals surface area (Å²) in [5.74, 6) is -1.33. The predicted molar refractivity (Wildman–Crippen MR) is 147 cm³/mol. The Hall–Kier alpha value is -3.99. The van der Waals surface area contributed by atoms with Crippen molar-refractivity contribution in [1.29, 1.82) is 0 Å². The number of ketones is 1. The Balaban J connectivity index is 1.60. The van der Waals surface area contributed by atoms with E-state index < -0.39 is 22.7 Å². The minimum atomic E-state index is -1.07. The van der Waals surface area contributed by atoms with Crippen molar-refractivity contribution >= 4 is 34.4 Å². The molecule has 1 saturated carbocycles. The first-order chi connectivity index (χ1) is 18.5. The molecule has 192 valence electrons. The number of amides is 2. The number of rotatable bonds is 7. The number of benzene rings is 3. The molecule has 1 heterocycles. The molecule has 2 amide bonds. The Bertz CT molecular complexity index is 1370. The van der Waals surface area contributed by atoms with E-state index >= 15 is 0 Å². The number of Topliss-reactive ketones (excluding diaryl/α,β-unsaturated/α-hetero) is 1. The second-order valence-electron chi connectivity index (χ2n) is 10.4. The molecular formula is C33H31NO4. The van der Waals surface area contributed by atoms with Crippen molar-refractivity contribution in [2.75, 3.05) is 11.5 Å². The van der Waals surface area contributed by atoms with Gasteiger partial charge < -0.3 is 4.74 Å². The molecular weight excluding hydrogens is 474 g/mol. The highest BCUT2D eigenvalue weighted by Gasteiger charge is 2.80. The van der Waals surface area contributed by atoms with Gasteiger partial charge in [-0.2, -0.15) is 0 Å². The van der Waals surface area contributed by atoms with Gasteiger partial charge in [0.15, 0.2) is 5.78 Å². The Kier molecular flexibility index (Phi) is 5.64. The lowest BCUT2D eigenvalue weighted by atomic mass is 9.60. The smallest absolute Gasteiger partial charge is 0.239 e. The van der Waals surface area contributed by atoms with Gasteiger partial charge in [0.25, 0.3) is 0 Å². The molecule has 3 aromatic carbocycles. The first kappa shape index (κ1) is 24.4. The highest BCUT2D eigenvalue weighted by atomic mass is 16.5. The average molecular weight is 506 g/mol. The zero-order chi connectivity index (χ0) is 26.7. The fourth-order valence-corrected chi connectivity index (χ4v) is 7.57. The van der Waals surface area contributed by atoms with Crippen molar-refractivity contribution in [3.8, 4) is 5.75 Å². The molecule has 38 heavy (non-hydrogen) atoms. The van der Waals surface area contributed by atoms with Crippen LogP contribution < -0.4 is 9.64 Å². The van der Waals surface area contributed by atoms with E-state index in [1.807, 2.05) is 81.4 Å². The first-order valence-electron chi connectivity index (χ1n) is 13.5. The average Bonchev–Trinajstić information content (AvgIpc) is 3.46. The van der Waals surface area contributed by atoms with E-state index in [1.165, 1.54) is 4.90 Å². The second-order valence-corrected chi connectivity index (χ2v) is 10.4. The highest BCUT2D eigenvalue weighted by molar-refractivity contribution is 6.34. The van der Waals surface area contributed by atoms with Crippen molar-refractivity contribution in [3.05, 3.63) is 96.1 Å². The van der Waals surface area contributed by atoms with Gasteiger partial charge in [0.1, 0.15) is 5.75 Å². The van der Waals surface area contributed by atoms with E-state index in [0.717, 1.165) is 22.3 Å². The van der Waals surface area contributed by atoms with Crippen LogP contribution in [-0.2, 0) is 14.4 Å². The molecule has 1 aliphatic heterocycles. The van der Waals surface area contributed by atoms with Crippen molar-refractivity contribution in [1.82, 2.24) is 0 Å². The topological polar surface area (TPSA) is 63.7 Å². The standard InChI is InChI=1S/C33H31NO4/c1-4-32-25(21-13-9-7-10-14-21)26(22-15-11-8-12-16-22)33(5-2,31(32)37)28-27(32)29(35)34(30(28)36)23-17-19-24(20-18-23)38-6-3/h7-20,27-28H,4-6H2,1-3H3/t27-,28-,32-,33+/m0/s1. The third-order valence-electron chi connectivity index (χ3n) is 8.97. The number of anilines is 1. The van der Waals surface area contributed by atoms with Crippen molar-refractivity contribution in [2.45, 2.75) is 33.6 Å². The number of fused-ring (bicyclic) bond motifs is 5. The molecule has 5 heteroatoms. The minimum Gasteiger partial charge on any atom is -0.494 e. The lowest BCUT2D eigenvalue weighted by Crippen LogP contribution is -2.41. The normalized spacial score (nSPS) is 27.9. The molecule has 0 N–H and O–H groups in total. The summed E-state index contributed by atoms with van der Waals surface area (Å²) in [6.07, 6.45) is 0.900. The monoisotopic (exact) mass is 505 g/mol. The van der Waals surface area contributed by atoms with Gasteiger partial charge in [-0.25, -0.2) is 4.90 Å². The van der Waals surface area contributed by atoms with Gasteiger partial charge in [0.2, 0.25) is 11.8 Å². The SMILES string of the molecule is CCOc1ccc(N2C(=O)[C@@H]3[C@@H](C2=O)[C@]2(CC)C(=O)[C@@]3(CC)C(c3ccccc3)=C2c2ccccc2)cc1. The summed E-state index contributed by atoms with van der Waals surface area (Å²) in [7, 11) is 0. The van der Waals surface area contributed by atoms with E-state index in [0.29, 0.717) is 30.9 Å². The lowest BCUT2D eigenvalue weighted by Gasteiger charge is -2.38. The highest BCUT2D eigenvalue weighted by Crippen LogP contribution is 2.75. The zero-order valence-electron chi connectivity index (χ0n) is 21.9. The summed E-state index contributed by atoms with van der Waals surface area (Å²) in [6, 6.07) is 26.9. The largest absolute Gasteiger partial charge is 0.494 e. The third-order valence-corrected chi connectivity index (χ3v) is 8.97. The number of carbonyl (C=O) groups is 3. The van der Waals surface area contributed by atoms with Gasteiger partial charge in [0, 0.05) is 0 Å². The number of ether oxygens (including phenoxy) is 1. The molecule has 0 unspecified atom stereocenters. The Labute approximate surface area is 223 Å². The Morgan fingerprint density at radius 2 is 1.11 bits per heavy atom. The molecule has 3 aromatic rings. The summed E-state index contributed by atoms with van der Waals surface area (Å²) in [5.41, 5.74) is 2.08. The maximum atomic E-state index is 14.7. The molecule has 5 nitrogen and oxygen atoms in total. The molecule has 1 saturated heterocycles. The molecule has 3 aliphatic rings. The fourth-order valence-electron chi connectivity index (χ4n) is 7.57. The van der Waals surface area contributed by atoms with Crippen LogP contribution in [0.2, 0.25) is 0 Å². The van der Waals surface area contributed by atoms with Crippen LogP contribution in [0.25, 0.3) is 11.1 Å². The van der Waals surface area contributed by atoms with Crippen molar-refractivity contribution in [2.24, 2.45) is 22.7 Å². The third kappa shape index (κ3) is 2.90. The molecule has 0 spiro atoms. The van der Waals surface area contributed by atoms with Crippen molar-refractivity contribution in [3.63, 3.8) is 0 Å². The van der Waals surface area contributed by atoms with Crippen LogP contribution in [0.3, 0.4) is 0 Å². The maximum Gasteiger partial charge on any atom is 0.239 e. The Morgan fingerprint density at radius 1 is 0.658 bits per heavy atom. The van der Waals surface area contributed by atoms with Crippen LogP contribution in [0, 0.1) is 22.7 Å². The van der Waals surface area contributed by atoms with Crippen molar-refractivity contribution < 1.29 is 19.1 Å². The second kappa shape index (κ2) is 8.80. The first-order valence-corrected chi connectivity index (χ1v) is 13.5.